The molecule has 2 N–H and O–H groups in total. The first-order valence-electron chi connectivity index (χ1n) is 6.45. The van der Waals surface area contributed by atoms with Crippen LogP contribution >= 0.6 is 11.6 Å². The summed E-state index contributed by atoms with van der Waals surface area (Å²) in [5.74, 6) is 1.50. The second kappa shape index (κ2) is 4.32. The van der Waals surface area contributed by atoms with Crippen LogP contribution in [-0.4, -0.2) is 18.8 Å². The van der Waals surface area contributed by atoms with E-state index in [-0.39, 0.29) is 5.54 Å². The van der Waals surface area contributed by atoms with Crippen molar-refractivity contribution in [2.24, 2.45) is 5.73 Å². The Bertz CT molecular complexity index is 483. The molecule has 3 rings (SSSR count). The fourth-order valence-electron chi connectivity index (χ4n) is 2.37. The zero-order valence-corrected chi connectivity index (χ0v) is 11.3. The molecule has 1 fully saturated rings. The normalized spacial score (nSPS) is 20.4. The first kappa shape index (κ1) is 12.1. The van der Waals surface area contributed by atoms with Gasteiger partial charge in [0.15, 0.2) is 11.5 Å². The highest BCUT2D eigenvalue weighted by atomic mass is 35.5. The molecular formula is C14H18ClNO2. The third kappa shape index (κ3) is 2.17. The largest absolute Gasteiger partial charge is 0.489 e. The zero-order chi connectivity index (χ0) is 12.8. The molecule has 0 bridgehead atoms. The Kier molecular flexibility index (Phi) is 2.91. The van der Waals surface area contributed by atoms with Crippen LogP contribution in [0.1, 0.15) is 30.4 Å². The van der Waals surface area contributed by atoms with Gasteiger partial charge in [0.1, 0.15) is 0 Å². The zero-order valence-electron chi connectivity index (χ0n) is 10.6. The van der Waals surface area contributed by atoms with Crippen LogP contribution < -0.4 is 15.2 Å². The minimum atomic E-state index is -0.0199. The fraction of sp³-hybridized carbons (Fsp3) is 0.571. The lowest BCUT2D eigenvalue weighted by Crippen LogP contribution is -2.25. The lowest BCUT2D eigenvalue weighted by Gasteiger charge is -2.17. The molecule has 1 saturated carbocycles. The first-order chi connectivity index (χ1) is 8.59. The average molecular weight is 268 g/mol. The third-order valence-corrected chi connectivity index (χ3v) is 4.04. The van der Waals surface area contributed by atoms with Crippen molar-refractivity contribution in [3.8, 4) is 11.5 Å². The molecule has 0 saturated heterocycles. The maximum absolute atomic E-state index is 6.30. The van der Waals surface area contributed by atoms with Gasteiger partial charge in [-0.2, -0.15) is 0 Å². The molecule has 3 nitrogen and oxygen atoms in total. The third-order valence-electron chi connectivity index (χ3n) is 3.76. The van der Waals surface area contributed by atoms with Gasteiger partial charge in [0.05, 0.1) is 18.2 Å². The first-order valence-corrected chi connectivity index (χ1v) is 6.83. The summed E-state index contributed by atoms with van der Waals surface area (Å²) < 4.78 is 11.5. The molecule has 0 atom stereocenters. The molecule has 98 valence electrons. The molecule has 0 spiro atoms. The van der Waals surface area contributed by atoms with Crippen molar-refractivity contribution in [3.05, 3.63) is 22.2 Å². The number of ether oxygens (including phenoxy) is 2. The molecule has 1 aromatic rings. The van der Waals surface area contributed by atoms with Crippen LogP contribution in [0, 0.1) is 6.92 Å². The fourth-order valence-corrected chi connectivity index (χ4v) is 2.64. The predicted molar refractivity (Wildman–Crippen MR) is 71.7 cm³/mol. The molecule has 0 unspecified atom stereocenters. The monoisotopic (exact) mass is 267 g/mol. The molecule has 0 aromatic heterocycles. The molecular weight excluding hydrogens is 250 g/mol. The van der Waals surface area contributed by atoms with Crippen molar-refractivity contribution in [2.45, 2.75) is 38.1 Å². The number of halogens is 1. The molecule has 1 aliphatic carbocycles. The standard InChI is InChI=1S/C14H18ClNO2/c1-9-10(8-14(16)3-4-14)7-11(15)13-12(9)17-5-2-6-18-13/h7H,2-6,8,16H2,1H3. The summed E-state index contributed by atoms with van der Waals surface area (Å²) in [6, 6.07) is 1.98. The summed E-state index contributed by atoms with van der Waals surface area (Å²) in [4.78, 5) is 0. The van der Waals surface area contributed by atoms with Gasteiger partial charge in [0, 0.05) is 12.0 Å². The summed E-state index contributed by atoms with van der Waals surface area (Å²) >= 11 is 6.30. The topological polar surface area (TPSA) is 44.5 Å². The van der Waals surface area contributed by atoms with Gasteiger partial charge >= 0.3 is 0 Å². The van der Waals surface area contributed by atoms with E-state index in [9.17, 15) is 0 Å². The second-order valence-electron chi connectivity index (χ2n) is 5.39. The molecule has 4 heteroatoms. The smallest absolute Gasteiger partial charge is 0.180 e. The number of hydrogen-bond acceptors (Lipinski definition) is 3. The van der Waals surface area contributed by atoms with Crippen molar-refractivity contribution < 1.29 is 9.47 Å². The van der Waals surface area contributed by atoms with Crippen LogP contribution in [0.3, 0.4) is 0 Å². The summed E-state index contributed by atoms with van der Waals surface area (Å²) in [5.41, 5.74) is 8.47. The number of rotatable bonds is 2. The summed E-state index contributed by atoms with van der Waals surface area (Å²) in [6.45, 7) is 3.40. The van der Waals surface area contributed by atoms with Gasteiger partial charge < -0.3 is 15.2 Å². The van der Waals surface area contributed by atoms with Crippen LogP contribution in [-0.2, 0) is 6.42 Å². The van der Waals surface area contributed by atoms with E-state index in [0.717, 1.165) is 37.0 Å². The van der Waals surface area contributed by atoms with Crippen molar-refractivity contribution in [1.82, 2.24) is 0 Å². The minimum absolute atomic E-state index is 0.0199. The van der Waals surface area contributed by atoms with Gasteiger partial charge in [0.2, 0.25) is 0 Å². The molecule has 18 heavy (non-hydrogen) atoms. The van der Waals surface area contributed by atoms with Crippen LogP contribution in [0.15, 0.2) is 6.07 Å². The van der Waals surface area contributed by atoms with E-state index in [4.69, 9.17) is 26.8 Å². The number of hydrogen-bond donors (Lipinski definition) is 1. The van der Waals surface area contributed by atoms with Gasteiger partial charge in [-0.05, 0) is 43.4 Å². The van der Waals surface area contributed by atoms with E-state index < -0.39 is 0 Å². The molecule has 1 aliphatic heterocycles. The van der Waals surface area contributed by atoms with Gasteiger partial charge in [-0.3, -0.25) is 0 Å². The van der Waals surface area contributed by atoms with E-state index >= 15 is 0 Å². The molecule has 2 aliphatic rings. The summed E-state index contributed by atoms with van der Waals surface area (Å²) in [6.07, 6.45) is 3.95. The molecule has 1 aromatic carbocycles. The van der Waals surface area contributed by atoms with Crippen molar-refractivity contribution in [3.63, 3.8) is 0 Å². The Morgan fingerprint density at radius 1 is 1.28 bits per heavy atom. The number of benzene rings is 1. The van der Waals surface area contributed by atoms with E-state index in [1.807, 2.05) is 6.07 Å². The highest BCUT2D eigenvalue weighted by molar-refractivity contribution is 6.32. The Morgan fingerprint density at radius 2 is 1.94 bits per heavy atom. The Balaban J connectivity index is 2.01. The highest BCUT2D eigenvalue weighted by Crippen LogP contribution is 2.44. The van der Waals surface area contributed by atoms with E-state index in [2.05, 4.69) is 6.92 Å². The van der Waals surface area contributed by atoms with Crippen LogP contribution in [0.25, 0.3) is 0 Å². The van der Waals surface area contributed by atoms with Gasteiger partial charge in [-0.15, -0.1) is 0 Å². The molecule has 0 radical (unpaired) electrons. The van der Waals surface area contributed by atoms with Crippen molar-refractivity contribution >= 4 is 11.6 Å². The van der Waals surface area contributed by atoms with E-state index in [0.29, 0.717) is 24.0 Å². The average Bonchev–Trinajstić information content (AvgIpc) is 3.08. The minimum Gasteiger partial charge on any atom is -0.489 e. The SMILES string of the molecule is Cc1c(CC2(N)CC2)cc(Cl)c2c1OCCCO2. The highest BCUT2D eigenvalue weighted by Gasteiger charge is 2.39. The Morgan fingerprint density at radius 3 is 2.61 bits per heavy atom. The summed E-state index contributed by atoms with van der Waals surface area (Å²) in [5, 5.41) is 0.636. The Labute approximate surface area is 112 Å². The van der Waals surface area contributed by atoms with E-state index in [1.54, 1.807) is 0 Å². The lowest BCUT2D eigenvalue weighted by molar-refractivity contribution is 0.296. The maximum atomic E-state index is 6.30. The van der Waals surface area contributed by atoms with Crippen LogP contribution in [0.4, 0.5) is 0 Å². The predicted octanol–water partition coefficient (Wildman–Crippen LogP) is 2.84. The molecule has 0 amide bonds. The van der Waals surface area contributed by atoms with Crippen LogP contribution in [0.5, 0.6) is 11.5 Å². The van der Waals surface area contributed by atoms with Crippen molar-refractivity contribution in [2.75, 3.05) is 13.2 Å². The number of nitrogens with two attached hydrogens (primary N) is 1. The van der Waals surface area contributed by atoms with Gasteiger partial charge in [-0.1, -0.05) is 11.6 Å². The second-order valence-corrected chi connectivity index (χ2v) is 5.80. The lowest BCUT2D eigenvalue weighted by atomic mass is 9.99. The molecule has 1 heterocycles. The van der Waals surface area contributed by atoms with E-state index in [1.165, 1.54) is 5.56 Å². The quantitative estimate of drug-likeness (QED) is 0.896. The number of fused-ring (bicyclic) bond motifs is 1. The Hall–Kier alpha value is -0.930. The van der Waals surface area contributed by atoms with Gasteiger partial charge in [0.25, 0.3) is 0 Å². The van der Waals surface area contributed by atoms with Crippen LogP contribution in [0.2, 0.25) is 5.02 Å². The maximum Gasteiger partial charge on any atom is 0.180 e. The van der Waals surface area contributed by atoms with Gasteiger partial charge in [-0.25, -0.2) is 0 Å². The summed E-state index contributed by atoms with van der Waals surface area (Å²) in [7, 11) is 0. The van der Waals surface area contributed by atoms with Crippen molar-refractivity contribution in [1.29, 1.82) is 0 Å².